The maximum atomic E-state index is 13.9. The second-order valence-corrected chi connectivity index (χ2v) is 13.0. The third-order valence-corrected chi connectivity index (χ3v) is 9.63. The first kappa shape index (κ1) is 30.5. The predicted molar refractivity (Wildman–Crippen MR) is 162 cm³/mol. The van der Waals surface area contributed by atoms with Crippen LogP contribution in [0.25, 0.3) is 0 Å². The number of nitrogens with zero attached hydrogens (tertiary/aromatic N) is 2. The van der Waals surface area contributed by atoms with Crippen LogP contribution in [0.15, 0.2) is 89.8 Å². The molecule has 218 valence electrons. The van der Waals surface area contributed by atoms with Crippen molar-refractivity contribution in [3.05, 3.63) is 102 Å². The van der Waals surface area contributed by atoms with Crippen molar-refractivity contribution in [1.82, 2.24) is 14.5 Å². The zero-order chi connectivity index (χ0) is 29.2. The molecule has 0 heterocycles. The molecular formula is C33H41N3O4S. The van der Waals surface area contributed by atoms with Crippen molar-refractivity contribution in [3.63, 3.8) is 0 Å². The molecule has 7 nitrogen and oxygen atoms in total. The molecule has 3 aromatic carbocycles. The van der Waals surface area contributed by atoms with E-state index in [-0.39, 0.29) is 35.7 Å². The normalized spacial score (nSPS) is 14.6. The topological polar surface area (TPSA) is 86.8 Å². The largest absolute Gasteiger partial charge is 0.352 e. The molecule has 1 fully saturated rings. The first-order valence-electron chi connectivity index (χ1n) is 14.4. The minimum absolute atomic E-state index is 0.127. The number of rotatable bonds is 13. The highest BCUT2D eigenvalue weighted by atomic mass is 32.2. The third kappa shape index (κ3) is 8.50. The Morgan fingerprint density at radius 1 is 0.878 bits per heavy atom. The molecule has 0 aromatic heterocycles. The monoisotopic (exact) mass is 575 g/mol. The molecule has 0 aliphatic heterocycles. The van der Waals surface area contributed by atoms with Gasteiger partial charge in [0.25, 0.3) is 0 Å². The van der Waals surface area contributed by atoms with Crippen molar-refractivity contribution in [1.29, 1.82) is 0 Å². The standard InChI is InChI=1S/C33H41N3O4S/c1-26-19-21-28(22-20-26)25-36(32(37)18-11-23-35(2)41(39,40)30-16-7-4-8-17-30)31(24-27-12-5-3-6-13-27)33(38)34-29-14-9-10-15-29/h3-8,12-13,16-17,19-22,29,31H,9-11,14-15,18,23-25H2,1-2H3,(H,34,38)/t31-/m0/s1. The van der Waals surface area contributed by atoms with Crippen LogP contribution in [0, 0.1) is 6.92 Å². The lowest BCUT2D eigenvalue weighted by Gasteiger charge is -2.32. The van der Waals surface area contributed by atoms with Gasteiger partial charge in [0.1, 0.15) is 6.04 Å². The van der Waals surface area contributed by atoms with E-state index >= 15 is 0 Å². The second-order valence-electron chi connectivity index (χ2n) is 10.9. The summed E-state index contributed by atoms with van der Waals surface area (Å²) >= 11 is 0. The van der Waals surface area contributed by atoms with Crippen molar-refractivity contribution in [3.8, 4) is 0 Å². The van der Waals surface area contributed by atoms with Gasteiger partial charge < -0.3 is 10.2 Å². The van der Waals surface area contributed by atoms with Crippen LogP contribution in [0.5, 0.6) is 0 Å². The quantitative estimate of drug-likeness (QED) is 0.308. The molecule has 0 radical (unpaired) electrons. The highest BCUT2D eigenvalue weighted by molar-refractivity contribution is 7.89. The summed E-state index contributed by atoms with van der Waals surface area (Å²) in [5, 5.41) is 3.22. The maximum absolute atomic E-state index is 13.9. The first-order valence-corrected chi connectivity index (χ1v) is 15.9. The lowest BCUT2D eigenvalue weighted by atomic mass is 10.0. The van der Waals surface area contributed by atoms with Gasteiger partial charge in [-0.05, 0) is 49.4 Å². The fourth-order valence-electron chi connectivity index (χ4n) is 5.30. The van der Waals surface area contributed by atoms with E-state index < -0.39 is 16.1 Å². The van der Waals surface area contributed by atoms with Gasteiger partial charge in [0.15, 0.2) is 0 Å². The van der Waals surface area contributed by atoms with Crippen LogP contribution in [-0.4, -0.2) is 55.1 Å². The minimum Gasteiger partial charge on any atom is -0.352 e. The number of carbonyl (C=O) groups excluding carboxylic acids is 2. The van der Waals surface area contributed by atoms with Crippen LogP contribution in [0.1, 0.15) is 55.2 Å². The molecule has 0 unspecified atom stereocenters. The van der Waals surface area contributed by atoms with Crippen molar-refractivity contribution >= 4 is 21.8 Å². The van der Waals surface area contributed by atoms with Gasteiger partial charge in [0.05, 0.1) is 4.90 Å². The van der Waals surface area contributed by atoms with E-state index in [4.69, 9.17) is 0 Å². The minimum atomic E-state index is -3.65. The fraction of sp³-hybridized carbons (Fsp3) is 0.394. The summed E-state index contributed by atoms with van der Waals surface area (Å²) in [6.45, 7) is 2.51. The van der Waals surface area contributed by atoms with E-state index in [1.165, 1.54) is 11.4 Å². The van der Waals surface area contributed by atoms with E-state index in [1.807, 2.05) is 61.5 Å². The second kappa shape index (κ2) is 14.4. The summed E-state index contributed by atoms with van der Waals surface area (Å²) in [4.78, 5) is 29.6. The van der Waals surface area contributed by atoms with Gasteiger partial charge in [-0.2, -0.15) is 0 Å². The lowest BCUT2D eigenvalue weighted by Crippen LogP contribution is -2.52. The van der Waals surface area contributed by atoms with Crippen LogP contribution in [0.3, 0.4) is 0 Å². The molecule has 2 amide bonds. The summed E-state index contributed by atoms with van der Waals surface area (Å²) in [7, 11) is -2.12. The SMILES string of the molecule is Cc1ccc(CN(C(=O)CCCN(C)S(=O)(=O)c2ccccc2)[C@@H](Cc2ccccc2)C(=O)NC2CCCC2)cc1. The molecule has 1 saturated carbocycles. The van der Waals surface area contributed by atoms with Crippen molar-refractivity contribution in [2.75, 3.05) is 13.6 Å². The molecule has 1 aliphatic rings. The van der Waals surface area contributed by atoms with Gasteiger partial charge in [0.2, 0.25) is 21.8 Å². The average Bonchev–Trinajstić information content (AvgIpc) is 3.49. The summed E-state index contributed by atoms with van der Waals surface area (Å²) in [5.74, 6) is -0.302. The molecule has 0 spiro atoms. The number of sulfonamides is 1. The molecule has 0 saturated heterocycles. The van der Waals surface area contributed by atoms with Crippen LogP contribution in [0.2, 0.25) is 0 Å². The lowest BCUT2D eigenvalue weighted by molar-refractivity contribution is -0.141. The zero-order valence-electron chi connectivity index (χ0n) is 24.0. The van der Waals surface area contributed by atoms with Crippen LogP contribution in [-0.2, 0) is 32.6 Å². The van der Waals surface area contributed by atoms with Crippen LogP contribution < -0.4 is 5.32 Å². The van der Waals surface area contributed by atoms with Gasteiger partial charge in [-0.1, -0.05) is 91.2 Å². The molecule has 1 aliphatic carbocycles. The summed E-state index contributed by atoms with van der Waals surface area (Å²) in [5.41, 5.74) is 3.04. The third-order valence-electron chi connectivity index (χ3n) is 7.76. The van der Waals surface area contributed by atoms with Gasteiger partial charge in [0, 0.05) is 39.0 Å². The molecule has 1 N–H and O–H groups in total. The van der Waals surface area contributed by atoms with Gasteiger partial charge in [-0.15, -0.1) is 0 Å². The molecule has 4 rings (SSSR count). The number of nitrogens with one attached hydrogen (secondary N) is 1. The number of aryl methyl sites for hydroxylation is 1. The number of amides is 2. The Morgan fingerprint density at radius 2 is 1.49 bits per heavy atom. The molecule has 1 atom stereocenters. The Bertz CT molecular complexity index is 1370. The highest BCUT2D eigenvalue weighted by Crippen LogP contribution is 2.21. The fourth-order valence-corrected chi connectivity index (χ4v) is 6.53. The van der Waals surface area contributed by atoms with E-state index in [2.05, 4.69) is 5.32 Å². The Balaban J connectivity index is 1.53. The summed E-state index contributed by atoms with van der Waals surface area (Å²) in [6.07, 6.45) is 4.98. The molecule has 3 aromatic rings. The maximum Gasteiger partial charge on any atom is 0.243 e. The van der Waals surface area contributed by atoms with Gasteiger partial charge >= 0.3 is 0 Å². The van der Waals surface area contributed by atoms with Gasteiger partial charge in [-0.3, -0.25) is 9.59 Å². The number of hydrogen-bond acceptors (Lipinski definition) is 4. The zero-order valence-corrected chi connectivity index (χ0v) is 24.9. The van der Waals surface area contributed by atoms with Crippen LogP contribution in [0.4, 0.5) is 0 Å². The van der Waals surface area contributed by atoms with Crippen molar-refractivity contribution in [2.45, 2.75) is 75.4 Å². The smallest absolute Gasteiger partial charge is 0.243 e. The number of hydrogen-bond donors (Lipinski definition) is 1. The number of benzene rings is 3. The Morgan fingerprint density at radius 3 is 2.12 bits per heavy atom. The molecule has 41 heavy (non-hydrogen) atoms. The Labute approximate surface area is 244 Å². The van der Waals surface area contributed by atoms with E-state index in [0.29, 0.717) is 19.4 Å². The molecular weight excluding hydrogens is 534 g/mol. The van der Waals surface area contributed by atoms with E-state index in [0.717, 1.165) is 42.4 Å². The summed E-state index contributed by atoms with van der Waals surface area (Å²) < 4.78 is 27.2. The Hall–Kier alpha value is -3.49. The van der Waals surface area contributed by atoms with Crippen molar-refractivity contribution in [2.24, 2.45) is 0 Å². The van der Waals surface area contributed by atoms with E-state index in [9.17, 15) is 18.0 Å². The average molecular weight is 576 g/mol. The number of carbonyl (C=O) groups is 2. The highest BCUT2D eigenvalue weighted by Gasteiger charge is 2.32. The molecule has 0 bridgehead atoms. The Kier molecular flexibility index (Phi) is 10.7. The predicted octanol–water partition coefficient (Wildman–Crippen LogP) is 5.09. The summed E-state index contributed by atoms with van der Waals surface area (Å²) in [6, 6.07) is 25.5. The van der Waals surface area contributed by atoms with Gasteiger partial charge in [-0.25, -0.2) is 12.7 Å². The van der Waals surface area contributed by atoms with Crippen LogP contribution >= 0.6 is 0 Å². The van der Waals surface area contributed by atoms with Crippen molar-refractivity contribution < 1.29 is 18.0 Å². The van der Waals surface area contributed by atoms with E-state index in [1.54, 1.807) is 35.2 Å². The first-order chi connectivity index (χ1) is 19.7. The molecule has 8 heteroatoms.